The van der Waals surface area contributed by atoms with E-state index >= 15 is 0 Å². The normalized spacial score (nSPS) is 10.8. The van der Waals surface area contributed by atoms with E-state index in [1.54, 1.807) is 26.8 Å². The second-order valence-corrected chi connectivity index (χ2v) is 5.02. The number of hydrogen-bond donors (Lipinski definition) is 1. The van der Waals surface area contributed by atoms with E-state index in [0.717, 1.165) is 0 Å². The third-order valence-corrected chi connectivity index (χ3v) is 2.19. The maximum absolute atomic E-state index is 12.1. The van der Waals surface area contributed by atoms with Gasteiger partial charge in [-0.15, -0.1) is 0 Å². The average Bonchev–Trinajstić information content (AvgIpc) is 2.36. The summed E-state index contributed by atoms with van der Waals surface area (Å²) >= 11 is 0. The maximum Gasteiger partial charge on any atom is 0.342 e. The molecule has 0 heterocycles. The third-order valence-electron chi connectivity index (χ3n) is 2.19. The minimum Gasteiger partial charge on any atom is -0.492 e. The molecule has 0 fully saturated rings. The number of hydrogen-bond acceptors (Lipinski definition) is 6. The zero-order valence-electron chi connectivity index (χ0n) is 12.1. The van der Waals surface area contributed by atoms with E-state index < -0.39 is 17.5 Å². The summed E-state index contributed by atoms with van der Waals surface area (Å²) in [5, 5.41) is 0. The molecule has 6 nitrogen and oxygen atoms in total. The SMILES string of the molecule is COc1c(OC(=O)CN)cccc1C(=O)OC(C)(C)C. The summed E-state index contributed by atoms with van der Waals surface area (Å²) in [7, 11) is 1.38. The molecule has 1 aromatic carbocycles. The molecule has 20 heavy (non-hydrogen) atoms. The lowest BCUT2D eigenvalue weighted by atomic mass is 10.1. The lowest BCUT2D eigenvalue weighted by Gasteiger charge is -2.20. The van der Waals surface area contributed by atoms with Crippen LogP contribution >= 0.6 is 0 Å². The van der Waals surface area contributed by atoms with Crippen LogP contribution in [-0.2, 0) is 9.53 Å². The molecular weight excluding hydrogens is 262 g/mol. The number of rotatable bonds is 4. The van der Waals surface area contributed by atoms with E-state index in [2.05, 4.69) is 0 Å². The highest BCUT2D eigenvalue weighted by Gasteiger charge is 2.23. The molecule has 0 aromatic heterocycles. The number of para-hydroxylation sites is 1. The number of carbonyl (C=O) groups is 2. The second kappa shape index (κ2) is 6.38. The van der Waals surface area contributed by atoms with Gasteiger partial charge >= 0.3 is 11.9 Å². The Kier molecular flexibility index (Phi) is 5.10. The first-order chi connectivity index (χ1) is 9.28. The van der Waals surface area contributed by atoms with Gasteiger partial charge in [0, 0.05) is 0 Å². The zero-order valence-corrected chi connectivity index (χ0v) is 12.1. The first-order valence-corrected chi connectivity index (χ1v) is 6.09. The highest BCUT2D eigenvalue weighted by molar-refractivity contribution is 5.94. The zero-order chi connectivity index (χ0) is 15.3. The molecule has 0 spiro atoms. The highest BCUT2D eigenvalue weighted by atomic mass is 16.6. The van der Waals surface area contributed by atoms with Gasteiger partial charge in [-0.1, -0.05) is 6.07 Å². The predicted octanol–water partition coefficient (Wildman–Crippen LogP) is 1.51. The lowest BCUT2D eigenvalue weighted by molar-refractivity contribution is -0.132. The number of benzene rings is 1. The molecule has 0 unspecified atom stereocenters. The number of nitrogens with two attached hydrogens (primary N) is 1. The number of esters is 2. The number of methoxy groups -OCH3 is 1. The van der Waals surface area contributed by atoms with Gasteiger partial charge < -0.3 is 19.9 Å². The van der Waals surface area contributed by atoms with Crippen molar-refractivity contribution in [1.82, 2.24) is 0 Å². The highest BCUT2D eigenvalue weighted by Crippen LogP contribution is 2.32. The molecular formula is C14H19NO5. The van der Waals surface area contributed by atoms with E-state index in [-0.39, 0.29) is 23.6 Å². The second-order valence-electron chi connectivity index (χ2n) is 5.02. The van der Waals surface area contributed by atoms with Crippen molar-refractivity contribution in [2.75, 3.05) is 13.7 Å². The van der Waals surface area contributed by atoms with Gasteiger partial charge in [-0.25, -0.2) is 4.79 Å². The van der Waals surface area contributed by atoms with Crippen molar-refractivity contribution in [3.63, 3.8) is 0 Å². The predicted molar refractivity (Wildman–Crippen MR) is 72.9 cm³/mol. The minimum absolute atomic E-state index is 0.131. The monoisotopic (exact) mass is 281 g/mol. The lowest BCUT2D eigenvalue weighted by Crippen LogP contribution is -2.24. The minimum atomic E-state index is -0.633. The van der Waals surface area contributed by atoms with E-state index in [1.165, 1.54) is 19.2 Å². The van der Waals surface area contributed by atoms with Gasteiger partial charge in [0.2, 0.25) is 0 Å². The molecule has 0 saturated heterocycles. The van der Waals surface area contributed by atoms with Gasteiger partial charge in [-0.2, -0.15) is 0 Å². The molecule has 0 aliphatic heterocycles. The maximum atomic E-state index is 12.1. The number of carbonyl (C=O) groups excluding carboxylic acids is 2. The molecule has 0 aliphatic carbocycles. The fraction of sp³-hybridized carbons (Fsp3) is 0.429. The van der Waals surface area contributed by atoms with Crippen LogP contribution in [0.3, 0.4) is 0 Å². The van der Waals surface area contributed by atoms with E-state index in [9.17, 15) is 9.59 Å². The Hall–Kier alpha value is -2.08. The van der Waals surface area contributed by atoms with Gasteiger partial charge in [0.1, 0.15) is 11.2 Å². The van der Waals surface area contributed by atoms with Crippen molar-refractivity contribution in [2.45, 2.75) is 26.4 Å². The quantitative estimate of drug-likeness (QED) is 0.665. The van der Waals surface area contributed by atoms with Gasteiger partial charge in [0.25, 0.3) is 0 Å². The molecule has 6 heteroatoms. The Bertz CT molecular complexity index is 505. The van der Waals surface area contributed by atoms with Crippen LogP contribution in [0.2, 0.25) is 0 Å². The van der Waals surface area contributed by atoms with E-state index in [0.29, 0.717) is 0 Å². The topological polar surface area (TPSA) is 87.9 Å². The van der Waals surface area contributed by atoms with E-state index in [1.807, 2.05) is 0 Å². The van der Waals surface area contributed by atoms with Crippen LogP contribution in [0.25, 0.3) is 0 Å². The summed E-state index contributed by atoms with van der Waals surface area (Å²) in [6, 6.07) is 4.62. The largest absolute Gasteiger partial charge is 0.492 e. The van der Waals surface area contributed by atoms with Gasteiger partial charge in [0.15, 0.2) is 11.5 Å². The van der Waals surface area contributed by atoms with Crippen molar-refractivity contribution < 1.29 is 23.8 Å². The molecule has 0 atom stereocenters. The molecule has 1 rings (SSSR count). The molecule has 0 radical (unpaired) electrons. The third kappa shape index (κ3) is 4.24. The summed E-state index contributed by atoms with van der Waals surface area (Å²) in [6.07, 6.45) is 0. The Balaban J connectivity index is 3.11. The Labute approximate surface area is 117 Å². The molecule has 110 valence electrons. The van der Waals surface area contributed by atoms with Crippen molar-refractivity contribution in [2.24, 2.45) is 5.73 Å². The van der Waals surface area contributed by atoms with Crippen molar-refractivity contribution >= 4 is 11.9 Å². The summed E-state index contributed by atoms with van der Waals surface area (Å²) in [5.41, 5.74) is 4.74. The van der Waals surface area contributed by atoms with Gasteiger partial charge in [0.05, 0.1) is 13.7 Å². The standard InChI is InChI=1S/C14H19NO5/c1-14(2,3)20-13(17)9-6-5-7-10(12(9)18-4)19-11(16)8-15/h5-7H,8,15H2,1-4H3. The molecule has 0 saturated carbocycles. The van der Waals surface area contributed by atoms with Gasteiger partial charge in [-0.05, 0) is 32.9 Å². The summed E-state index contributed by atoms with van der Waals surface area (Å²) < 4.78 is 15.4. The van der Waals surface area contributed by atoms with Crippen LogP contribution in [0.5, 0.6) is 11.5 Å². The molecule has 2 N–H and O–H groups in total. The Morgan fingerprint density at radius 3 is 2.40 bits per heavy atom. The summed E-state index contributed by atoms with van der Waals surface area (Å²) in [5.74, 6) is -0.903. The summed E-state index contributed by atoms with van der Waals surface area (Å²) in [4.78, 5) is 23.3. The van der Waals surface area contributed by atoms with Crippen LogP contribution in [-0.4, -0.2) is 31.2 Å². The smallest absolute Gasteiger partial charge is 0.342 e. The van der Waals surface area contributed by atoms with Crippen LogP contribution in [0.15, 0.2) is 18.2 Å². The Morgan fingerprint density at radius 1 is 1.25 bits per heavy atom. The molecule has 1 aromatic rings. The fourth-order valence-corrected chi connectivity index (χ4v) is 1.46. The molecule has 0 amide bonds. The van der Waals surface area contributed by atoms with Crippen LogP contribution in [0, 0.1) is 0 Å². The number of ether oxygens (including phenoxy) is 3. The van der Waals surface area contributed by atoms with E-state index in [4.69, 9.17) is 19.9 Å². The van der Waals surface area contributed by atoms with Crippen LogP contribution < -0.4 is 15.2 Å². The fourth-order valence-electron chi connectivity index (χ4n) is 1.46. The first kappa shape index (κ1) is 16.0. The summed E-state index contributed by atoms with van der Waals surface area (Å²) in [6.45, 7) is 5.01. The Morgan fingerprint density at radius 2 is 1.90 bits per heavy atom. The van der Waals surface area contributed by atoms with Crippen LogP contribution in [0.1, 0.15) is 31.1 Å². The van der Waals surface area contributed by atoms with Gasteiger partial charge in [-0.3, -0.25) is 4.79 Å². The van der Waals surface area contributed by atoms with Crippen molar-refractivity contribution in [3.8, 4) is 11.5 Å². The van der Waals surface area contributed by atoms with Crippen molar-refractivity contribution in [3.05, 3.63) is 23.8 Å². The van der Waals surface area contributed by atoms with Crippen LogP contribution in [0.4, 0.5) is 0 Å². The van der Waals surface area contributed by atoms with Crippen molar-refractivity contribution in [1.29, 1.82) is 0 Å². The molecule has 0 bridgehead atoms. The average molecular weight is 281 g/mol. The molecule has 0 aliphatic rings. The first-order valence-electron chi connectivity index (χ1n) is 6.09.